The average Bonchev–Trinajstić information content (AvgIpc) is 2.31. The van der Waals surface area contributed by atoms with Crippen molar-refractivity contribution < 1.29 is 4.39 Å². The molecule has 0 amide bonds. The van der Waals surface area contributed by atoms with E-state index in [2.05, 4.69) is 10.3 Å². The third-order valence-electron chi connectivity index (χ3n) is 2.23. The molecule has 17 heavy (non-hydrogen) atoms. The van der Waals surface area contributed by atoms with E-state index in [0.29, 0.717) is 18.2 Å². The number of nitrogen functional groups attached to an aromatic ring is 1. The van der Waals surface area contributed by atoms with Gasteiger partial charge in [-0.3, -0.25) is 0 Å². The van der Waals surface area contributed by atoms with E-state index in [1.165, 1.54) is 6.07 Å². The molecule has 0 atom stereocenters. The number of hydrogen-bond donors (Lipinski definition) is 2. The molecule has 0 spiro atoms. The summed E-state index contributed by atoms with van der Waals surface area (Å²) in [5.74, 6) is 0.704. The summed E-state index contributed by atoms with van der Waals surface area (Å²) in [7, 11) is 0. The van der Waals surface area contributed by atoms with Crippen LogP contribution in [0.5, 0.6) is 0 Å². The number of rotatable bonds is 3. The molecule has 0 aliphatic carbocycles. The molecule has 5 heteroatoms. The van der Waals surface area contributed by atoms with Crippen LogP contribution in [0.1, 0.15) is 5.56 Å². The molecule has 1 heterocycles. The van der Waals surface area contributed by atoms with Gasteiger partial charge in [-0.25, -0.2) is 9.37 Å². The zero-order valence-corrected chi connectivity index (χ0v) is 9.71. The Balaban J connectivity index is 2.05. The van der Waals surface area contributed by atoms with Crippen molar-refractivity contribution in [3.63, 3.8) is 0 Å². The second-order valence-electron chi connectivity index (χ2n) is 3.55. The van der Waals surface area contributed by atoms with E-state index in [-0.39, 0.29) is 5.02 Å². The van der Waals surface area contributed by atoms with Crippen LogP contribution in [0.4, 0.5) is 16.0 Å². The summed E-state index contributed by atoms with van der Waals surface area (Å²) in [6.07, 6.45) is 0. The van der Waals surface area contributed by atoms with Gasteiger partial charge in [-0.05, 0) is 29.8 Å². The van der Waals surface area contributed by atoms with Crippen LogP contribution >= 0.6 is 11.6 Å². The molecule has 0 radical (unpaired) electrons. The summed E-state index contributed by atoms with van der Waals surface area (Å²) < 4.78 is 12.9. The fraction of sp³-hybridized carbons (Fsp3) is 0.0833. The first-order valence-electron chi connectivity index (χ1n) is 5.05. The van der Waals surface area contributed by atoms with Crippen LogP contribution in [0.15, 0.2) is 36.4 Å². The fourth-order valence-electron chi connectivity index (χ4n) is 1.39. The summed E-state index contributed by atoms with van der Waals surface area (Å²) in [6.45, 7) is 0.510. The van der Waals surface area contributed by atoms with Gasteiger partial charge >= 0.3 is 0 Å². The number of nitrogens with two attached hydrogens (primary N) is 1. The van der Waals surface area contributed by atoms with Gasteiger partial charge in [-0.15, -0.1) is 0 Å². The van der Waals surface area contributed by atoms with Crippen molar-refractivity contribution in [3.05, 3.63) is 52.8 Å². The maximum Gasteiger partial charge on any atom is 0.141 e. The molecule has 3 nitrogen and oxygen atoms in total. The smallest absolute Gasteiger partial charge is 0.141 e. The zero-order chi connectivity index (χ0) is 12.3. The monoisotopic (exact) mass is 251 g/mol. The quantitative estimate of drug-likeness (QED) is 0.882. The highest BCUT2D eigenvalue weighted by Gasteiger charge is 2.01. The molecule has 2 aromatic rings. The van der Waals surface area contributed by atoms with Crippen LogP contribution in [0.25, 0.3) is 0 Å². The van der Waals surface area contributed by atoms with Gasteiger partial charge in [0.05, 0.1) is 5.02 Å². The van der Waals surface area contributed by atoms with Gasteiger partial charge in [-0.2, -0.15) is 0 Å². The molecule has 2 rings (SSSR count). The first kappa shape index (κ1) is 11.7. The standard InChI is InChI=1S/C12H11ClFN3/c13-9-6-8(4-5-10(9)14)7-16-12-3-1-2-11(15)17-12/h1-6H,7H2,(H3,15,16,17). The highest BCUT2D eigenvalue weighted by molar-refractivity contribution is 6.30. The molecule has 1 aromatic carbocycles. The predicted octanol–water partition coefficient (Wildman–Crippen LogP) is 3.07. The van der Waals surface area contributed by atoms with Gasteiger partial charge in [0.15, 0.2) is 0 Å². The van der Waals surface area contributed by atoms with E-state index in [4.69, 9.17) is 17.3 Å². The lowest BCUT2D eigenvalue weighted by Crippen LogP contribution is -2.02. The lowest BCUT2D eigenvalue weighted by molar-refractivity contribution is 0.627. The van der Waals surface area contributed by atoms with Gasteiger partial charge in [-0.1, -0.05) is 23.7 Å². The minimum absolute atomic E-state index is 0.116. The van der Waals surface area contributed by atoms with Crippen LogP contribution < -0.4 is 11.1 Å². The number of nitrogens with one attached hydrogen (secondary N) is 1. The van der Waals surface area contributed by atoms with Gasteiger partial charge < -0.3 is 11.1 Å². The van der Waals surface area contributed by atoms with Crippen molar-refractivity contribution in [2.75, 3.05) is 11.1 Å². The van der Waals surface area contributed by atoms with E-state index in [1.807, 2.05) is 12.1 Å². The molecule has 0 aliphatic heterocycles. The minimum atomic E-state index is -0.419. The lowest BCUT2D eigenvalue weighted by Gasteiger charge is -2.06. The Labute approximate surface area is 103 Å². The van der Waals surface area contributed by atoms with Gasteiger partial charge in [0.25, 0.3) is 0 Å². The Morgan fingerprint density at radius 3 is 2.82 bits per heavy atom. The Bertz CT molecular complexity index is 531. The largest absolute Gasteiger partial charge is 0.384 e. The number of halogens is 2. The van der Waals surface area contributed by atoms with E-state index in [9.17, 15) is 4.39 Å². The molecular formula is C12H11ClFN3. The minimum Gasteiger partial charge on any atom is -0.384 e. The molecule has 88 valence electrons. The molecule has 1 aromatic heterocycles. The molecular weight excluding hydrogens is 241 g/mol. The maximum atomic E-state index is 12.9. The highest BCUT2D eigenvalue weighted by Crippen LogP contribution is 2.17. The average molecular weight is 252 g/mol. The van der Waals surface area contributed by atoms with Crippen molar-refractivity contribution in [2.24, 2.45) is 0 Å². The molecule has 0 saturated heterocycles. The maximum absolute atomic E-state index is 12.9. The van der Waals surface area contributed by atoms with Crippen molar-refractivity contribution in [2.45, 2.75) is 6.54 Å². The van der Waals surface area contributed by atoms with Crippen LogP contribution in [0.3, 0.4) is 0 Å². The summed E-state index contributed by atoms with van der Waals surface area (Å²) >= 11 is 5.68. The summed E-state index contributed by atoms with van der Waals surface area (Å²) in [4.78, 5) is 4.09. The fourth-order valence-corrected chi connectivity index (χ4v) is 1.60. The predicted molar refractivity (Wildman–Crippen MR) is 67.4 cm³/mol. The number of pyridine rings is 1. The van der Waals surface area contributed by atoms with E-state index < -0.39 is 5.82 Å². The Hall–Kier alpha value is -1.81. The van der Waals surface area contributed by atoms with Gasteiger partial charge in [0, 0.05) is 6.54 Å². The SMILES string of the molecule is Nc1cccc(NCc2ccc(F)c(Cl)c2)n1. The van der Waals surface area contributed by atoms with Crippen molar-refractivity contribution in [1.82, 2.24) is 4.98 Å². The summed E-state index contributed by atoms with van der Waals surface area (Å²) in [6, 6.07) is 9.91. The number of nitrogens with zero attached hydrogens (tertiary/aromatic N) is 1. The normalized spacial score (nSPS) is 10.2. The number of aromatic nitrogens is 1. The van der Waals surface area contributed by atoms with Crippen LogP contribution in [0.2, 0.25) is 5.02 Å². The highest BCUT2D eigenvalue weighted by atomic mass is 35.5. The van der Waals surface area contributed by atoms with Crippen molar-refractivity contribution in [3.8, 4) is 0 Å². The second kappa shape index (κ2) is 5.01. The molecule has 0 saturated carbocycles. The van der Waals surface area contributed by atoms with E-state index in [1.54, 1.807) is 18.2 Å². The van der Waals surface area contributed by atoms with Crippen LogP contribution in [-0.4, -0.2) is 4.98 Å². The zero-order valence-electron chi connectivity index (χ0n) is 8.95. The molecule has 0 aliphatic rings. The number of hydrogen-bond acceptors (Lipinski definition) is 3. The lowest BCUT2D eigenvalue weighted by atomic mass is 10.2. The van der Waals surface area contributed by atoms with Crippen LogP contribution in [-0.2, 0) is 6.54 Å². The van der Waals surface area contributed by atoms with E-state index >= 15 is 0 Å². The number of benzene rings is 1. The molecule has 3 N–H and O–H groups in total. The van der Waals surface area contributed by atoms with E-state index in [0.717, 1.165) is 5.56 Å². The third kappa shape index (κ3) is 3.07. The third-order valence-corrected chi connectivity index (χ3v) is 2.52. The Morgan fingerprint density at radius 1 is 1.29 bits per heavy atom. The first-order valence-corrected chi connectivity index (χ1v) is 5.43. The van der Waals surface area contributed by atoms with Crippen molar-refractivity contribution >= 4 is 23.2 Å². The van der Waals surface area contributed by atoms with Gasteiger partial charge in [0.2, 0.25) is 0 Å². The topological polar surface area (TPSA) is 50.9 Å². The Kier molecular flexibility index (Phi) is 3.44. The van der Waals surface area contributed by atoms with Crippen molar-refractivity contribution in [1.29, 1.82) is 0 Å². The summed E-state index contributed by atoms with van der Waals surface area (Å²) in [5.41, 5.74) is 6.43. The second-order valence-corrected chi connectivity index (χ2v) is 3.96. The molecule has 0 bridgehead atoms. The summed E-state index contributed by atoms with van der Waals surface area (Å²) in [5, 5.41) is 3.19. The first-order chi connectivity index (χ1) is 8.15. The van der Waals surface area contributed by atoms with Crippen LogP contribution in [0, 0.1) is 5.82 Å². The molecule has 0 fully saturated rings. The van der Waals surface area contributed by atoms with Gasteiger partial charge in [0.1, 0.15) is 17.5 Å². The number of anilines is 2. The Morgan fingerprint density at radius 2 is 2.12 bits per heavy atom. The molecule has 0 unspecified atom stereocenters.